The number of aliphatic carboxylic acids is 1. The van der Waals surface area contributed by atoms with Crippen molar-refractivity contribution in [3.8, 4) is 0 Å². The summed E-state index contributed by atoms with van der Waals surface area (Å²) in [6, 6.07) is 6.79. The van der Waals surface area contributed by atoms with Gasteiger partial charge in [-0.05, 0) is 24.5 Å². The van der Waals surface area contributed by atoms with Gasteiger partial charge >= 0.3 is 17.8 Å². The fourth-order valence-electron chi connectivity index (χ4n) is 3.19. The van der Waals surface area contributed by atoms with Crippen LogP contribution >= 0.6 is 0 Å². The van der Waals surface area contributed by atoms with Crippen LogP contribution in [-0.4, -0.2) is 46.2 Å². The van der Waals surface area contributed by atoms with E-state index < -0.39 is 17.6 Å². The number of carboxylic acid groups (broad SMARTS) is 1. The van der Waals surface area contributed by atoms with Crippen molar-refractivity contribution in [1.29, 1.82) is 0 Å². The number of carboxylic acids is 1. The number of aromatic nitrogens is 1. The van der Waals surface area contributed by atoms with Crippen molar-refractivity contribution in [2.75, 3.05) is 19.6 Å². The van der Waals surface area contributed by atoms with Gasteiger partial charge in [-0.25, -0.2) is 9.59 Å². The summed E-state index contributed by atoms with van der Waals surface area (Å²) in [5.74, 6) is -1.83. The lowest BCUT2D eigenvalue weighted by atomic mass is 9.87. The van der Waals surface area contributed by atoms with Crippen LogP contribution < -0.4 is 11.1 Å². The highest BCUT2D eigenvalue weighted by Gasteiger charge is 2.33. The number of nitrogens with one attached hydrogen (secondary N) is 1. The maximum absolute atomic E-state index is 12.3. The molecule has 0 aliphatic carbocycles. The maximum Gasteiger partial charge on any atom is 0.420 e. The monoisotopic (exact) mass is 347 g/mol. The molecule has 2 aromatic rings. The first-order valence-corrected chi connectivity index (χ1v) is 8.31. The largest absolute Gasteiger partial charge is 0.481 e. The molecular weight excluding hydrogens is 326 g/mol. The number of nitrogens with zero attached hydrogens (tertiary/aromatic N) is 2. The second kappa shape index (κ2) is 7.00. The van der Waals surface area contributed by atoms with Crippen LogP contribution in [0.4, 0.5) is 4.79 Å². The Morgan fingerprint density at radius 2 is 2.12 bits per heavy atom. The summed E-state index contributed by atoms with van der Waals surface area (Å²) in [6.07, 6.45) is 0.663. The Morgan fingerprint density at radius 3 is 2.88 bits per heavy atom. The standard InChI is InChI=1S/C17H21N3O5/c1-11-6-8-19(10-12(11)15(21)22)16(23)18-7-9-20-13-4-2-3-5-14(13)25-17(20)24/h2-5,11-12H,6-10H2,1H3,(H,18,23)(H,21,22). The number of oxazole rings is 1. The van der Waals surface area contributed by atoms with E-state index in [4.69, 9.17) is 4.42 Å². The minimum absolute atomic E-state index is 0.0532. The number of benzene rings is 1. The van der Waals surface area contributed by atoms with Gasteiger partial charge in [0.05, 0.1) is 11.4 Å². The Labute approximate surface area is 144 Å². The summed E-state index contributed by atoms with van der Waals surface area (Å²) in [4.78, 5) is 36.9. The molecule has 8 nitrogen and oxygen atoms in total. The first-order valence-electron chi connectivity index (χ1n) is 8.31. The molecule has 0 bridgehead atoms. The number of hydrogen-bond donors (Lipinski definition) is 2. The van der Waals surface area contributed by atoms with Crippen molar-refractivity contribution in [3.05, 3.63) is 34.8 Å². The predicted molar refractivity (Wildman–Crippen MR) is 90.4 cm³/mol. The number of carbonyl (C=O) groups is 2. The quantitative estimate of drug-likeness (QED) is 0.868. The molecular formula is C17H21N3O5. The number of fused-ring (bicyclic) bond motifs is 1. The van der Waals surface area contributed by atoms with Crippen molar-refractivity contribution in [2.24, 2.45) is 11.8 Å². The van der Waals surface area contributed by atoms with Crippen molar-refractivity contribution in [3.63, 3.8) is 0 Å². The normalized spacial score (nSPS) is 20.6. The Morgan fingerprint density at radius 1 is 1.36 bits per heavy atom. The average molecular weight is 347 g/mol. The fourth-order valence-corrected chi connectivity index (χ4v) is 3.19. The van der Waals surface area contributed by atoms with Gasteiger partial charge < -0.3 is 19.7 Å². The minimum atomic E-state index is -0.874. The lowest BCUT2D eigenvalue weighted by Gasteiger charge is -2.34. The molecule has 8 heteroatoms. The van der Waals surface area contributed by atoms with Crippen LogP contribution in [0, 0.1) is 11.8 Å². The van der Waals surface area contributed by atoms with Gasteiger partial charge in [-0.1, -0.05) is 19.1 Å². The Kier molecular flexibility index (Phi) is 4.78. The first-order chi connectivity index (χ1) is 12.0. The van der Waals surface area contributed by atoms with E-state index >= 15 is 0 Å². The zero-order valence-electron chi connectivity index (χ0n) is 14.0. The smallest absolute Gasteiger partial charge is 0.420 e. The Balaban J connectivity index is 1.58. The van der Waals surface area contributed by atoms with Crippen molar-refractivity contribution >= 4 is 23.1 Å². The molecule has 0 saturated carbocycles. The molecule has 1 aromatic heterocycles. The molecule has 134 valence electrons. The summed E-state index contributed by atoms with van der Waals surface area (Å²) in [5, 5.41) is 12.0. The zero-order chi connectivity index (χ0) is 18.0. The molecule has 1 aliphatic rings. The SMILES string of the molecule is CC1CCN(C(=O)NCCn2c(=O)oc3ccccc32)CC1C(=O)O. The van der Waals surface area contributed by atoms with Crippen LogP contribution in [0.1, 0.15) is 13.3 Å². The molecule has 2 atom stereocenters. The van der Waals surface area contributed by atoms with E-state index in [-0.39, 0.29) is 31.6 Å². The number of hydrogen-bond acceptors (Lipinski definition) is 4. The maximum atomic E-state index is 12.3. The van der Waals surface area contributed by atoms with Gasteiger partial charge in [-0.2, -0.15) is 0 Å². The number of likely N-dealkylation sites (tertiary alicyclic amines) is 1. The lowest BCUT2D eigenvalue weighted by Crippen LogP contribution is -2.50. The molecule has 2 heterocycles. The Hall–Kier alpha value is -2.77. The minimum Gasteiger partial charge on any atom is -0.481 e. The molecule has 1 aromatic carbocycles. The summed E-state index contributed by atoms with van der Waals surface area (Å²) in [5.41, 5.74) is 1.19. The third-order valence-electron chi connectivity index (χ3n) is 4.75. The third kappa shape index (κ3) is 3.52. The van der Waals surface area contributed by atoms with Crippen molar-refractivity contribution in [2.45, 2.75) is 19.9 Å². The highest BCUT2D eigenvalue weighted by Crippen LogP contribution is 2.23. The number of piperidine rings is 1. The summed E-state index contributed by atoms with van der Waals surface area (Å²) < 4.78 is 6.61. The van der Waals surface area contributed by atoms with Crippen LogP contribution in [0.25, 0.3) is 11.1 Å². The van der Waals surface area contributed by atoms with Gasteiger partial charge in [0.15, 0.2) is 5.58 Å². The summed E-state index contributed by atoms with van der Waals surface area (Å²) >= 11 is 0. The second-order valence-corrected chi connectivity index (χ2v) is 6.38. The molecule has 1 fully saturated rings. The average Bonchev–Trinajstić information content (AvgIpc) is 2.90. The van der Waals surface area contributed by atoms with Gasteiger partial charge in [0.25, 0.3) is 0 Å². The van der Waals surface area contributed by atoms with E-state index in [9.17, 15) is 19.5 Å². The summed E-state index contributed by atoms with van der Waals surface area (Å²) in [6.45, 7) is 3.17. The van der Waals surface area contributed by atoms with Crippen molar-refractivity contribution < 1.29 is 19.1 Å². The highest BCUT2D eigenvalue weighted by atomic mass is 16.4. The van der Waals surface area contributed by atoms with Crippen LogP contribution in [0.3, 0.4) is 0 Å². The Bertz CT molecular complexity index is 840. The molecule has 0 radical (unpaired) electrons. The van der Waals surface area contributed by atoms with E-state index in [1.54, 1.807) is 18.2 Å². The number of urea groups is 1. The van der Waals surface area contributed by atoms with Crippen LogP contribution in [0.5, 0.6) is 0 Å². The molecule has 2 unspecified atom stereocenters. The predicted octanol–water partition coefficient (Wildman–Crippen LogP) is 1.35. The van der Waals surface area contributed by atoms with E-state index in [0.717, 1.165) is 0 Å². The van der Waals surface area contributed by atoms with Crippen molar-refractivity contribution in [1.82, 2.24) is 14.8 Å². The lowest BCUT2D eigenvalue weighted by molar-refractivity contribution is -0.145. The van der Waals surface area contributed by atoms with E-state index in [0.29, 0.717) is 24.1 Å². The zero-order valence-corrected chi connectivity index (χ0v) is 14.0. The summed E-state index contributed by atoms with van der Waals surface area (Å²) in [7, 11) is 0. The number of rotatable bonds is 4. The molecule has 2 N–H and O–H groups in total. The van der Waals surface area contributed by atoms with Crippen LogP contribution in [-0.2, 0) is 11.3 Å². The van der Waals surface area contributed by atoms with Gasteiger partial charge in [0.2, 0.25) is 0 Å². The van der Waals surface area contributed by atoms with E-state index in [2.05, 4.69) is 5.32 Å². The van der Waals surface area contributed by atoms with E-state index in [1.165, 1.54) is 9.47 Å². The molecule has 25 heavy (non-hydrogen) atoms. The molecule has 3 rings (SSSR count). The highest BCUT2D eigenvalue weighted by molar-refractivity contribution is 5.77. The van der Waals surface area contributed by atoms with Gasteiger partial charge in [-0.15, -0.1) is 0 Å². The topological polar surface area (TPSA) is 105 Å². The van der Waals surface area contributed by atoms with E-state index in [1.807, 2.05) is 13.0 Å². The second-order valence-electron chi connectivity index (χ2n) is 6.38. The first kappa shape index (κ1) is 17.1. The van der Waals surface area contributed by atoms with Gasteiger partial charge in [0.1, 0.15) is 0 Å². The van der Waals surface area contributed by atoms with Crippen LogP contribution in [0.2, 0.25) is 0 Å². The molecule has 1 aliphatic heterocycles. The van der Waals surface area contributed by atoms with Gasteiger partial charge in [-0.3, -0.25) is 9.36 Å². The van der Waals surface area contributed by atoms with Gasteiger partial charge in [0, 0.05) is 26.2 Å². The molecule has 2 amide bonds. The third-order valence-corrected chi connectivity index (χ3v) is 4.75. The molecule has 0 spiro atoms. The van der Waals surface area contributed by atoms with Crippen LogP contribution in [0.15, 0.2) is 33.5 Å². The number of para-hydroxylation sites is 2. The fraction of sp³-hybridized carbons (Fsp3) is 0.471. The molecule has 1 saturated heterocycles. The number of carbonyl (C=O) groups excluding carboxylic acids is 1. The number of amides is 2.